The van der Waals surface area contributed by atoms with Crippen LogP contribution in [-0.2, 0) is 0 Å². The Morgan fingerprint density at radius 3 is 2.40 bits per heavy atom. The molecule has 0 aromatic heterocycles. The van der Waals surface area contributed by atoms with Crippen LogP contribution in [0.4, 0.5) is 23.2 Å². The van der Waals surface area contributed by atoms with Gasteiger partial charge in [-0.1, -0.05) is 0 Å². The van der Waals surface area contributed by atoms with Crippen molar-refractivity contribution in [3.8, 4) is 17.9 Å². The van der Waals surface area contributed by atoms with Gasteiger partial charge in [0, 0.05) is 6.07 Å². The highest BCUT2D eigenvalue weighted by atomic mass is 19.4. The number of nitrogens with one attached hydrogen (secondary N) is 1. The molecule has 20 heavy (non-hydrogen) atoms. The van der Waals surface area contributed by atoms with Crippen molar-refractivity contribution in [3.05, 3.63) is 23.5 Å². The van der Waals surface area contributed by atoms with E-state index in [1.807, 2.05) is 0 Å². The van der Waals surface area contributed by atoms with E-state index in [2.05, 4.69) is 15.3 Å². The zero-order chi connectivity index (χ0) is 15.3. The minimum Gasteiger partial charge on any atom is -0.403 e. The number of halogens is 4. The third kappa shape index (κ3) is 4.14. The summed E-state index contributed by atoms with van der Waals surface area (Å²) in [4.78, 5) is 0. The Balaban J connectivity index is 3.04. The largest absolute Gasteiger partial charge is 0.573 e. The fraction of sp³-hybridized carbons (Fsp3) is 0.182. The van der Waals surface area contributed by atoms with E-state index < -0.39 is 23.6 Å². The zero-order valence-corrected chi connectivity index (χ0v) is 9.92. The first-order valence-electron chi connectivity index (χ1n) is 4.96. The van der Waals surface area contributed by atoms with E-state index in [1.165, 1.54) is 19.1 Å². The Bertz CT molecular complexity index is 609. The molecule has 0 aliphatic carbocycles. The highest BCUT2D eigenvalue weighted by Crippen LogP contribution is 2.30. The molecule has 0 aliphatic rings. The molecule has 0 amide bonds. The number of rotatable bonds is 3. The van der Waals surface area contributed by atoms with Gasteiger partial charge in [-0.05, 0) is 18.6 Å². The lowest BCUT2D eigenvalue weighted by atomic mass is 10.2. The Morgan fingerprint density at radius 1 is 1.30 bits per heavy atom. The van der Waals surface area contributed by atoms with Crippen LogP contribution in [0.1, 0.15) is 5.56 Å². The molecular formula is C11H6F4N4O. The minimum absolute atomic E-state index is 0.0000227. The summed E-state index contributed by atoms with van der Waals surface area (Å²) in [5, 5.41) is 20.2. The smallest absolute Gasteiger partial charge is 0.403 e. The number of anilines is 1. The summed E-state index contributed by atoms with van der Waals surface area (Å²) >= 11 is 0. The van der Waals surface area contributed by atoms with Crippen molar-refractivity contribution >= 4 is 11.4 Å². The molecule has 1 aromatic rings. The van der Waals surface area contributed by atoms with E-state index in [1.54, 1.807) is 0 Å². The summed E-state index contributed by atoms with van der Waals surface area (Å²) in [5.74, 6) is -2.24. The van der Waals surface area contributed by atoms with E-state index in [-0.39, 0.29) is 11.3 Å². The highest BCUT2D eigenvalue weighted by molar-refractivity contribution is 6.10. The Kier molecular flexibility index (Phi) is 4.49. The van der Waals surface area contributed by atoms with Gasteiger partial charge in [-0.15, -0.1) is 13.2 Å². The maximum Gasteiger partial charge on any atom is 0.573 e. The number of alkyl halides is 3. The standard InChI is InChI=1S/C11H6F4N4O/c1-6-2-10(20-11(13,14)15)8(12)3-9(6)19-18-7(4-16)5-17/h2-3,19H,1H3. The molecule has 0 saturated carbocycles. The summed E-state index contributed by atoms with van der Waals surface area (Å²) in [6.07, 6.45) is -5.00. The molecule has 0 radical (unpaired) electrons. The van der Waals surface area contributed by atoms with Crippen molar-refractivity contribution in [1.29, 1.82) is 10.5 Å². The fourth-order valence-electron chi connectivity index (χ4n) is 1.17. The van der Waals surface area contributed by atoms with Crippen molar-refractivity contribution in [1.82, 2.24) is 0 Å². The predicted octanol–water partition coefficient (Wildman–Crippen LogP) is 2.85. The average molecular weight is 286 g/mol. The van der Waals surface area contributed by atoms with Crippen molar-refractivity contribution < 1.29 is 22.3 Å². The van der Waals surface area contributed by atoms with Crippen LogP contribution in [0.2, 0.25) is 0 Å². The molecule has 1 N–H and O–H groups in total. The molecular weight excluding hydrogens is 280 g/mol. The summed E-state index contributed by atoms with van der Waals surface area (Å²) in [7, 11) is 0. The van der Waals surface area contributed by atoms with Crippen LogP contribution >= 0.6 is 0 Å². The van der Waals surface area contributed by atoms with Crippen LogP contribution in [0.3, 0.4) is 0 Å². The van der Waals surface area contributed by atoms with E-state index in [0.29, 0.717) is 6.07 Å². The van der Waals surface area contributed by atoms with Crippen LogP contribution in [0, 0.1) is 35.4 Å². The van der Waals surface area contributed by atoms with Gasteiger partial charge in [0.15, 0.2) is 11.6 Å². The van der Waals surface area contributed by atoms with E-state index >= 15 is 0 Å². The zero-order valence-electron chi connectivity index (χ0n) is 9.92. The third-order valence-electron chi connectivity index (χ3n) is 2.00. The van der Waals surface area contributed by atoms with Gasteiger partial charge >= 0.3 is 6.36 Å². The first-order valence-corrected chi connectivity index (χ1v) is 4.96. The first-order chi connectivity index (χ1) is 9.26. The number of nitrogens with zero attached hydrogens (tertiary/aromatic N) is 3. The lowest BCUT2D eigenvalue weighted by molar-refractivity contribution is -0.275. The summed E-state index contributed by atoms with van der Waals surface area (Å²) in [6.45, 7) is 1.37. The van der Waals surface area contributed by atoms with E-state index in [9.17, 15) is 17.6 Å². The van der Waals surface area contributed by atoms with Crippen molar-refractivity contribution in [2.45, 2.75) is 13.3 Å². The second-order valence-electron chi connectivity index (χ2n) is 3.44. The molecule has 0 bridgehead atoms. The van der Waals surface area contributed by atoms with Crippen molar-refractivity contribution in [2.24, 2.45) is 5.10 Å². The number of hydrazone groups is 1. The van der Waals surface area contributed by atoms with Gasteiger partial charge in [0.05, 0.1) is 5.69 Å². The van der Waals surface area contributed by atoms with Crippen LogP contribution in [-0.4, -0.2) is 12.1 Å². The first kappa shape index (κ1) is 15.2. The molecule has 0 heterocycles. The number of aryl methyl sites for hydroxylation is 1. The molecule has 0 fully saturated rings. The van der Waals surface area contributed by atoms with E-state index in [4.69, 9.17) is 10.5 Å². The topological polar surface area (TPSA) is 81.2 Å². The predicted molar refractivity (Wildman–Crippen MR) is 60.1 cm³/mol. The maximum absolute atomic E-state index is 13.4. The third-order valence-corrected chi connectivity index (χ3v) is 2.00. The van der Waals surface area contributed by atoms with Crippen LogP contribution in [0.15, 0.2) is 17.2 Å². The molecule has 0 spiro atoms. The molecule has 1 aromatic carbocycles. The average Bonchev–Trinajstić information content (AvgIpc) is 2.34. The number of hydrogen-bond donors (Lipinski definition) is 1. The minimum atomic E-state index is -5.00. The molecule has 0 atom stereocenters. The van der Waals surface area contributed by atoms with Gasteiger partial charge in [-0.25, -0.2) is 4.39 Å². The summed E-state index contributed by atoms with van der Waals surface area (Å²) < 4.78 is 52.9. The molecule has 0 aliphatic heterocycles. The molecule has 1 rings (SSSR count). The van der Waals surface area contributed by atoms with Gasteiger partial charge in [-0.3, -0.25) is 5.43 Å². The molecule has 0 unspecified atom stereocenters. The van der Waals surface area contributed by atoms with Gasteiger partial charge in [0.2, 0.25) is 5.71 Å². The second kappa shape index (κ2) is 5.89. The van der Waals surface area contributed by atoms with E-state index in [0.717, 1.165) is 6.07 Å². The summed E-state index contributed by atoms with van der Waals surface area (Å²) in [6, 6.07) is 4.45. The quantitative estimate of drug-likeness (QED) is 0.526. The molecule has 9 heteroatoms. The monoisotopic (exact) mass is 286 g/mol. The second-order valence-corrected chi connectivity index (χ2v) is 3.44. The lowest BCUT2D eigenvalue weighted by Gasteiger charge is -2.12. The van der Waals surface area contributed by atoms with Crippen LogP contribution < -0.4 is 10.2 Å². The van der Waals surface area contributed by atoms with Crippen molar-refractivity contribution in [3.63, 3.8) is 0 Å². The number of benzene rings is 1. The Morgan fingerprint density at radius 2 is 1.90 bits per heavy atom. The Labute approximate surface area is 110 Å². The SMILES string of the molecule is Cc1cc(OC(F)(F)F)c(F)cc1NN=C(C#N)C#N. The van der Waals surface area contributed by atoms with Crippen molar-refractivity contribution in [2.75, 3.05) is 5.43 Å². The highest BCUT2D eigenvalue weighted by Gasteiger charge is 2.32. The molecule has 104 valence electrons. The van der Waals surface area contributed by atoms with Gasteiger partial charge < -0.3 is 4.74 Å². The summed E-state index contributed by atoms with van der Waals surface area (Å²) in [5.41, 5.74) is 1.88. The fourth-order valence-corrected chi connectivity index (χ4v) is 1.17. The normalized spacial score (nSPS) is 10.2. The maximum atomic E-state index is 13.4. The Hall–Kier alpha value is -2.81. The number of ether oxygens (including phenoxy) is 1. The van der Waals surface area contributed by atoms with Gasteiger partial charge in [0.25, 0.3) is 0 Å². The molecule has 5 nitrogen and oxygen atoms in total. The number of nitriles is 2. The van der Waals surface area contributed by atoms with Crippen LogP contribution in [0.5, 0.6) is 5.75 Å². The van der Waals surface area contributed by atoms with Gasteiger partial charge in [0.1, 0.15) is 12.1 Å². The van der Waals surface area contributed by atoms with Gasteiger partial charge in [-0.2, -0.15) is 15.6 Å². The molecule has 0 saturated heterocycles. The van der Waals surface area contributed by atoms with Crippen LogP contribution in [0.25, 0.3) is 0 Å². The lowest BCUT2D eigenvalue weighted by Crippen LogP contribution is -2.18. The number of hydrogen-bond acceptors (Lipinski definition) is 5.